The summed E-state index contributed by atoms with van der Waals surface area (Å²) >= 11 is 0. The van der Waals surface area contributed by atoms with Crippen LogP contribution in [0.5, 0.6) is 0 Å². The second kappa shape index (κ2) is 5.92. The number of aliphatic hydroxyl groups excluding tert-OH is 1. The molecule has 0 aliphatic carbocycles. The fraction of sp³-hybridized carbons (Fsp3) is 0.571. The number of halogens is 3. The highest BCUT2D eigenvalue weighted by Gasteiger charge is 2.44. The second-order valence-electron chi connectivity index (χ2n) is 5.11. The van der Waals surface area contributed by atoms with Crippen LogP contribution in [0.1, 0.15) is 18.4 Å². The largest absolute Gasteiger partial charge is 0.414 e. The molecule has 0 bridgehead atoms. The number of hydrogen-bond donors (Lipinski definition) is 1. The molecule has 1 heterocycles. The van der Waals surface area contributed by atoms with Crippen LogP contribution in [0.4, 0.5) is 13.2 Å². The van der Waals surface area contributed by atoms with Gasteiger partial charge in [0.2, 0.25) is 0 Å². The Bertz CT molecular complexity index is 393. The summed E-state index contributed by atoms with van der Waals surface area (Å²) in [5.41, 5.74) is 1.09. The van der Waals surface area contributed by atoms with Crippen molar-refractivity contribution < 1.29 is 18.3 Å². The van der Waals surface area contributed by atoms with E-state index in [1.807, 2.05) is 35.2 Å². The molecule has 1 aromatic rings. The maximum Gasteiger partial charge on any atom is 0.414 e. The molecule has 2 atom stereocenters. The average Bonchev–Trinajstić information content (AvgIpc) is 2.38. The second-order valence-corrected chi connectivity index (χ2v) is 5.11. The molecule has 5 heteroatoms. The molecular weight excluding hydrogens is 255 g/mol. The fourth-order valence-corrected chi connectivity index (χ4v) is 2.60. The summed E-state index contributed by atoms with van der Waals surface area (Å²) in [4.78, 5) is 1.98. The maximum absolute atomic E-state index is 12.5. The zero-order chi connectivity index (χ0) is 13.9. The molecule has 1 saturated heterocycles. The summed E-state index contributed by atoms with van der Waals surface area (Å²) in [6, 6.07) is 9.67. The van der Waals surface area contributed by atoms with E-state index in [1.165, 1.54) is 0 Å². The van der Waals surface area contributed by atoms with Gasteiger partial charge in [0.1, 0.15) is 0 Å². The van der Waals surface area contributed by atoms with Crippen LogP contribution in [0.25, 0.3) is 0 Å². The van der Waals surface area contributed by atoms with Gasteiger partial charge in [0.25, 0.3) is 0 Å². The van der Waals surface area contributed by atoms with E-state index in [9.17, 15) is 18.3 Å². The first kappa shape index (κ1) is 14.3. The van der Waals surface area contributed by atoms with E-state index in [2.05, 4.69) is 0 Å². The summed E-state index contributed by atoms with van der Waals surface area (Å²) in [5, 5.41) is 9.34. The monoisotopic (exact) mass is 273 g/mol. The smallest absolute Gasteiger partial charge is 0.383 e. The zero-order valence-corrected chi connectivity index (χ0v) is 10.6. The molecular formula is C14H18F3NO. The van der Waals surface area contributed by atoms with Gasteiger partial charge in [-0.2, -0.15) is 13.2 Å². The van der Waals surface area contributed by atoms with E-state index < -0.39 is 18.2 Å². The third kappa shape index (κ3) is 3.94. The minimum Gasteiger partial charge on any atom is -0.383 e. The van der Waals surface area contributed by atoms with Crippen molar-refractivity contribution in [3.8, 4) is 0 Å². The molecule has 0 aromatic heterocycles. The van der Waals surface area contributed by atoms with E-state index in [1.54, 1.807) is 0 Å². The van der Waals surface area contributed by atoms with Crippen LogP contribution in [-0.4, -0.2) is 35.4 Å². The molecule has 0 spiro atoms. The molecule has 2 rings (SSSR count). The number of nitrogens with zero attached hydrogens (tertiary/aromatic N) is 1. The van der Waals surface area contributed by atoms with E-state index in [0.717, 1.165) is 12.1 Å². The molecule has 19 heavy (non-hydrogen) atoms. The first-order chi connectivity index (χ1) is 8.97. The predicted molar refractivity (Wildman–Crippen MR) is 66.5 cm³/mol. The van der Waals surface area contributed by atoms with Crippen molar-refractivity contribution in [1.82, 2.24) is 4.90 Å². The van der Waals surface area contributed by atoms with Gasteiger partial charge in [-0.25, -0.2) is 0 Å². The van der Waals surface area contributed by atoms with Crippen molar-refractivity contribution in [3.63, 3.8) is 0 Å². The normalized spacial score (nSPS) is 23.3. The molecule has 0 radical (unpaired) electrons. The van der Waals surface area contributed by atoms with Crippen LogP contribution < -0.4 is 0 Å². The van der Waals surface area contributed by atoms with Crippen LogP contribution in [0.3, 0.4) is 0 Å². The minimum absolute atomic E-state index is 0.301. The van der Waals surface area contributed by atoms with Crippen molar-refractivity contribution in [2.75, 3.05) is 13.1 Å². The van der Waals surface area contributed by atoms with Crippen LogP contribution in [0, 0.1) is 5.92 Å². The third-order valence-electron chi connectivity index (χ3n) is 3.57. The van der Waals surface area contributed by atoms with Gasteiger partial charge in [-0.05, 0) is 24.9 Å². The number of benzene rings is 1. The van der Waals surface area contributed by atoms with Crippen LogP contribution in [0.2, 0.25) is 0 Å². The highest BCUT2D eigenvalue weighted by atomic mass is 19.4. The van der Waals surface area contributed by atoms with Gasteiger partial charge in [-0.1, -0.05) is 30.3 Å². The van der Waals surface area contributed by atoms with Crippen LogP contribution in [-0.2, 0) is 6.54 Å². The predicted octanol–water partition coefficient (Wildman–Crippen LogP) is 2.82. The molecule has 1 unspecified atom stereocenters. The summed E-state index contributed by atoms with van der Waals surface area (Å²) in [5.74, 6) is -0.711. The number of piperidine rings is 1. The molecule has 0 amide bonds. The fourth-order valence-electron chi connectivity index (χ4n) is 2.60. The number of hydrogen-bond acceptors (Lipinski definition) is 2. The average molecular weight is 273 g/mol. The van der Waals surface area contributed by atoms with Crippen molar-refractivity contribution in [2.45, 2.75) is 31.7 Å². The Kier molecular flexibility index (Phi) is 4.47. The van der Waals surface area contributed by atoms with Gasteiger partial charge < -0.3 is 5.11 Å². The van der Waals surface area contributed by atoms with Crippen molar-refractivity contribution in [1.29, 1.82) is 0 Å². The summed E-state index contributed by atoms with van der Waals surface area (Å²) in [7, 11) is 0. The van der Waals surface area contributed by atoms with Gasteiger partial charge in [-0.3, -0.25) is 4.90 Å². The SMILES string of the molecule is O[C@@H](C1CCCN(Cc2ccccc2)C1)C(F)(F)F. The summed E-state index contributed by atoms with van der Waals surface area (Å²) < 4.78 is 37.6. The Balaban J connectivity index is 1.94. The van der Waals surface area contributed by atoms with Crippen molar-refractivity contribution in [2.24, 2.45) is 5.92 Å². The lowest BCUT2D eigenvalue weighted by Crippen LogP contribution is -2.45. The summed E-state index contributed by atoms with van der Waals surface area (Å²) in [6.07, 6.45) is -5.58. The van der Waals surface area contributed by atoms with E-state index in [-0.39, 0.29) is 0 Å². The highest BCUT2D eigenvalue weighted by Crippen LogP contribution is 2.31. The topological polar surface area (TPSA) is 23.5 Å². The van der Waals surface area contributed by atoms with Crippen LogP contribution >= 0.6 is 0 Å². The third-order valence-corrected chi connectivity index (χ3v) is 3.57. The van der Waals surface area contributed by atoms with Gasteiger partial charge >= 0.3 is 6.18 Å². The Hall–Kier alpha value is -1.07. The number of aliphatic hydroxyl groups is 1. The molecule has 2 nitrogen and oxygen atoms in total. The summed E-state index contributed by atoms with van der Waals surface area (Å²) in [6.45, 7) is 1.73. The number of alkyl halides is 3. The van der Waals surface area contributed by atoms with Gasteiger partial charge in [0, 0.05) is 19.0 Å². The first-order valence-electron chi connectivity index (χ1n) is 6.48. The number of likely N-dealkylation sites (tertiary alicyclic amines) is 1. The zero-order valence-electron chi connectivity index (χ0n) is 10.6. The van der Waals surface area contributed by atoms with Crippen molar-refractivity contribution in [3.05, 3.63) is 35.9 Å². The lowest BCUT2D eigenvalue weighted by atomic mass is 9.92. The molecule has 106 valence electrons. The van der Waals surface area contributed by atoms with Gasteiger partial charge in [0.05, 0.1) is 0 Å². The minimum atomic E-state index is -4.51. The molecule has 1 fully saturated rings. The maximum atomic E-state index is 12.5. The molecule has 1 aliphatic rings. The molecule has 1 N–H and O–H groups in total. The molecule has 1 aliphatic heterocycles. The molecule has 0 saturated carbocycles. The standard InChI is InChI=1S/C14H18F3NO/c15-14(16,17)13(19)12-7-4-8-18(10-12)9-11-5-2-1-3-6-11/h1-3,5-6,12-13,19H,4,7-10H2/t12?,13-/m0/s1. The lowest BCUT2D eigenvalue weighted by Gasteiger charge is -2.35. The quantitative estimate of drug-likeness (QED) is 0.915. The Morgan fingerprint density at radius 1 is 1.26 bits per heavy atom. The number of rotatable bonds is 3. The van der Waals surface area contributed by atoms with Crippen LogP contribution in [0.15, 0.2) is 30.3 Å². The van der Waals surface area contributed by atoms with E-state index >= 15 is 0 Å². The Labute approximate surface area is 110 Å². The Morgan fingerprint density at radius 2 is 1.95 bits per heavy atom. The highest BCUT2D eigenvalue weighted by molar-refractivity contribution is 5.14. The van der Waals surface area contributed by atoms with E-state index in [4.69, 9.17) is 0 Å². The first-order valence-corrected chi connectivity index (χ1v) is 6.48. The van der Waals surface area contributed by atoms with Gasteiger partial charge in [-0.15, -0.1) is 0 Å². The van der Waals surface area contributed by atoms with Crippen molar-refractivity contribution >= 4 is 0 Å². The van der Waals surface area contributed by atoms with E-state index in [0.29, 0.717) is 25.9 Å². The molecule has 1 aromatic carbocycles. The van der Waals surface area contributed by atoms with Gasteiger partial charge in [0.15, 0.2) is 6.10 Å². The lowest BCUT2D eigenvalue weighted by molar-refractivity contribution is -0.223. The Morgan fingerprint density at radius 3 is 2.58 bits per heavy atom.